The molecule has 2 aliphatic heterocycles. The van der Waals surface area contributed by atoms with E-state index in [-0.39, 0.29) is 11.4 Å². The molecule has 1 aromatic carbocycles. The number of ether oxygens (including phenoxy) is 1. The van der Waals surface area contributed by atoms with Gasteiger partial charge in [-0.05, 0) is 50.6 Å². The zero-order valence-electron chi connectivity index (χ0n) is 12.2. The molecular weight excluding hydrogens is 252 g/mol. The maximum atomic E-state index is 12.6. The van der Waals surface area contributed by atoms with Crippen LogP contribution in [-0.4, -0.2) is 43.1 Å². The first kappa shape index (κ1) is 13.4. The van der Waals surface area contributed by atoms with Gasteiger partial charge in [-0.2, -0.15) is 0 Å². The molecule has 1 N–H and O–H groups in total. The van der Waals surface area contributed by atoms with Crippen LogP contribution >= 0.6 is 0 Å². The number of fused-ring (bicyclic) bond motifs is 1. The summed E-state index contributed by atoms with van der Waals surface area (Å²) < 4.78 is 5.49. The number of hydrogen-bond donors (Lipinski definition) is 1. The first-order valence-corrected chi connectivity index (χ1v) is 7.35. The lowest BCUT2D eigenvalue weighted by Crippen LogP contribution is -2.51. The van der Waals surface area contributed by atoms with Gasteiger partial charge in [-0.3, -0.25) is 4.79 Å². The van der Waals surface area contributed by atoms with Gasteiger partial charge in [-0.1, -0.05) is 0 Å². The molecule has 108 valence electrons. The molecule has 0 atom stereocenters. The summed E-state index contributed by atoms with van der Waals surface area (Å²) >= 11 is 0. The van der Waals surface area contributed by atoms with Crippen LogP contribution in [0.4, 0.5) is 0 Å². The molecule has 0 bridgehead atoms. The Hall–Kier alpha value is -1.55. The van der Waals surface area contributed by atoms with E-state index in [1.165, 1.54) is 0 Å². The molecule has 20 heavy (non-hydrogen) atoms. The van der Waals surface area contributed by atoms with Gasteiger partial charge in [-0.25, -0.2) is 0 Å². The SMILES string of the molecule is CNC1(C)CCN(C(=O)c2ccc3c(c2)CCO3)CC1. The molecule has 4 heteroatoms. The van der Waals surface area contributed by atoms with Crippen LogP contribution in [0.25, 0.3) is 0 Å². The number of nitrogens with one attached hydrogen (secondary N) is 1. The number of amides is 1. The number of piperidine rings is 1. The third kappa shape index (κ3) is 2.40. The third-order valence-corrected chi connectivity index (χ3v) is 4.69. The van der Waals surface area contributed by atoms with Gasteiger partial charge in [0.2, 0.25) is 0 Å². The Bertz CT molecular complexity index is 519. The third-order valence-electron chi connectivity index (χ3n) is 4.69. The van der Waals surface area contributed by atoms with Crippen molar-refractivity contribution in [3.63, 3.8) is 0 Å². The van der Waals surface area contributed by atoms with E-state index < -0.39 is 0 Å². The number of hydrogen-bond acceptors (Lipinski definition) is 3. The lowest BCUT2D eigenvalue weighted by atomic mass is 9.89. The molecule has 0 spiro atoms. The highest BCUT2D eigenvalue weighted by Crippen LogP contribution is 2.27. The second-order valence-corrected chi connectivity index (χ2v) is 6.02. The van der Waals surface area contributed by atoms with Crippen LogP contribution < -0.4 is 10.1 Å². The molecule has 4 nitrogen and oxygen atoms in total. The van der Waals surface area contributed by atoms with E-state index in [1.54, 1.807) is 0 Å². The molecular formula is C16H22N2O2. The number of likely N-dealkylation sites (tertiary alicyclic amines) is 1. The number of rotatable bonds is 2. The highest BCUT2D eigenvalue weighted by molar-refractivity contribution is 5.94. The van der Waals surface area contributed by atoms with Gasteiger partial charge in [0.05, 0.1) is 6.61 Å². The molecule has 2 heterocycles. The van der Waals surface area contributed by atoms with E-state index in [2.05, 4.69) is 12.2 Å². The Morgan fingerprint density at radius 2 is 2.10 bits per heavy atom. The Balaban J connectivity index is 1.71. The number of carbonyl (C=O) groups excluding carboxylic acids is 1. The zero-order chi connectivity index (χ0) is 14.2. The number of benzene rings is 1. The summed E-state index contributed by atoms with van der Waals surface area (Å²) in [6.45, 7) is 4.60. The average Bonchev–Trinajstić information content (AvgIpc) is 2.94. The molecule has 1 aromatic rings. The van der Waals surface area contributed by atoms with Crippen molar-refractivity contribution in [3.05, 3.63) is 29.3 Å². The minimum atomic E-state index is 0.151. The lowest BCUT2D eigenvalue weighted by molar-refractivity contribution is 0.0661. The molecule has 0 unspecified atom stereocenters. The molecule has 0 aromatic heterocycles. The minimum absolute atomic E-state index is 0.151. The van der Waals surface area contributed by atoms with E-state index in [0.29, 0.717) is 0 Å². The number of nitrogens with zero attached hydrogens (tertiary/aromatic N) is 1. The fraction of sp³-hybridized carbons (Fsp3) is 0.562. The van der Waals surface area contributed by atoms with Crippen LogP contribution in [0.5, 0.6) is 5.75 Å². The van der Waals surface area contributed by atoms with Crippen LogP contribution in [0, 0.1) is 0 Å². The second-order valence-electron chi connectivity index (χ2n) is 6.02. The first-order chi connectivity index (χ1) is 9.61. The summed E-state index contributed by atoms with van der Waals surface area (Å²) in [4.78, 5) is 14.5. The smallest absolute Gasteiger partial charge is 0.253 e. The fourth-order valence-electron chi connectivity index (χ4n) is 2.96. The molecule has 1 fully saturated rings. The van der Waals surface area contributed by atoms with Crippen LogP contribution in [0.3, 0.4) is 0 Å². The summed E-state index contributed by atoms with van der Waals surface area (Å²) in [5.41, 5.74) is 2.12. The van der Waals surface area contributed by atoms with Crippen molar-refractivity contribution in [3.8, 4) is 5.75 Å². The van der Waals surface area contributed by atoms with E-state index in [0.717, 1.165) is 55.8 Å². The second kappa shape index (κ2) is 5.09. The maximum Gasteiger partial charge on any atom is 0.253 e. The van der Waals surface area contributed by atoms with Crippen LogP contribution in [0.1, 0.15) is 35.7 Å². The summed E-state index contributed by atoms with van der Waals surface area (Å²) in [7, 11) is 2.00. The van der Waals surface area contributed by atoms with Crippen molar-refractivity contribution in [2.24, 2.45) is 0 Å². The largest absolute Gasteiger partial charge is 0.493 e. The molecule has 0 radical (unpaired) electrons. The molecule has 3 rings (SSSR count). The fourth-order valence-corrected chi connectivity index (χ4v) is 2.96. The van der Waals surface area contributed by atoms with E-state index in [4.69, 9.17) is 4.74 Å². The predicted octanol–water partition coefficient (Wildman–Crippen LogP) is 1.84. The summed E-state index contributed by atoms with van der Waals surface area (Å²) in [5, 5.41) is 3.36. The Morgan fingerprint density at radius 1 is 1.35 bits per heavy atom. The van der Waals surface area contributed by atoms with Gasteiger partial charge < -0.3 is 15.0 Å². The van der Waals surface area contributed by atoms with Crippen molar-refractivity contribution in [1.29, 1.82) is 0 Å². The molecule has 1 saturated heterocycles. The van der Waals surface area contributed by atoms with Gasteiger partial charge in [0, 0.05) is 30.6 Å². The first-order valence-electron chi connectivity index (χ1n) is 7.35. The monoisotopic (exact) mass is 274 g/mol. The van der Waals surface area contributed by atoms with Gasteiger partial charge in [0.15, 0.2) is 0 Å². The Kier molecular flexibility index (Phi) is 3.42. The summed E-state index contributed by atoms with van der Waals surface area (Å²) in [6.07, 6.45) is 2.92. The molecule has 1 amide bonds. The van der Waals surface area contributed by atoms with Gasteiger partial charge in [-0.15, -0.1) is 0 Å². The van der Waals surface area contributed by atoms with Crippen LogP contribution in [-0.2, 0) is 6.42 Å². The highest BCUT2D eigenvalue weighted by Gasteiger charge is 2.30. The number of carbonyl (C=O) groups is 1. The van der Waals surface area contributed by atoms with Crippen LogP contribution in [0.15, 0.2) is 18.2 Å². The van der Waals surface area contributed by atoms with E-state index in [1.807, 2.05) is 30.1 Å². The molecule has 0 saturated carbocycles. The lowest BCUT2D eigenvalue weighted by Gasteiger charge is -2.39. The quantitative estimate of drug-likeness (QED) is 0.894. The standard InChI is InChI=1S/C16H22N2O2/c1-16(17-2)6-8-18(9-7-16)15(19)13-3-4-14-12(11-13)5-10-20-14/h3-4,11,17H,5-10H2,1-2H3. The highest BCUT2D eigenvalue weighted by atomic mass is 16.5. The Labute approximate surface area is 120 Å². The average molecular weight is 274 g/mol. The van der Waals surface area contributed by atoms with Crippen molar-refractivity contribution >= 4 is 5.91 Å². The zero-order valence-corrected chi connectivity index (χ0v) is 12.2. The minimum Gasteiger partial charge on any atom is -0.493 e. The maximum absolute atomic E-state index is 12.6. The van der Waals surface area contributed by atoms with Crippen molar-refractivity contribution in [2.45, 2.75) is 31.7 Å². The Morgan fingerprint density at radius 3 is 2.80 bits per heavy atom. The van der Waals surface area contributed by atoms with E-state index >= 15 is 0 Å². The predicted molar refractivity (Wildman–Crippen MR) is 78.2 cm³/mol. The topological polar surface area (TPSA) is 41.6 Å². The van der Waals surface area contributed by atoms with Crippen molar-refractivity contribution < 1.29 is 9.53 Å². The van der Waals surface area contributed by atoms with Crippen molar-refractivity contribution in [2.75, 3.05) is 26.7 Å². The summed E-state index contributed by atoms with van der Waals surface area (Å²) in [6, 6.07) is 5.81. The summed E-state index contributed by atoms with van der Waals surface area (Å²) in [5.74, 6) is 1.08. The van der Waals surface area contributed by atoms with Crippen molar-refractivity contribution in [1.82, 2.24) is 10.2 Å². The van der Waals surface area contributed by atoms with E-state index in [9.17, 15) is 4.79 Å². The normalized spacial score (nSPS) is 20.4. The van der Waals surface area contributed by atoms with Crippen LogP contribution in [0.2, 0.25) is 0 Å². The molecule has 0 aliphatic carbocycles. The molecule has 2 aliphatic rings. The van der Waals surface area contributed by atoms with Gasteiger partial charge in [0.1, 0.15) is 5.75 Å². The van der Waals surface area contributed by atoms with Gasteiger partial charge >= 0.3 is 0 Å². The van der Waals surface area contributed by atoms with Gasteiger partial charge in [0.25, 0.3) is 5.91 Å².